The van der Waals surface area contributed by atoms with E-state index in [0.717, 1.165) is 9.38 Å². The van der Waals surface area contributed by atoms with Crippen LogP contribution in [0.25, 0.3) is 4.91 Å². The normalized spacial score (nSPS) is 13.5. The van der Waals surface area contributed by atoms with Crippen LogP contribution in [-0.4, -0.2) is 0 Å². The highest BCUT2D eigenvalue weighted by atomic mass is 79.9. The molecule has 0 aliphatic rings. The van der Waals surface area contributed by atoms with Gasteiger partial charge in [0.25, 0.3) is 0 Å². The van der Waals surface area contributed by atoms with Gasteiger partial charge in [0.1, 0.15) is 0 Å². The van der Waals surface area contributed by atoms with Gasteiger partial charge in [0.05, 0.1) is 0 Å². The summed E-state index contributed by atoms with van der Waals surface area (Å²) >= 11 is 9.61. The van der Waals surface area contributed by atoms with Crippen molar-refractivity contribution in [3.05, 3.63) is 26.9 Å². The zero-order valence-corrected chi connectivity index (χ0v) is 11.3. The van der Waals surface area contributed by atoms with Crippen LogP contribution in [0.4, 0.5) is 0 Å². The maximum Gasteiger partial charge on any atom is 0.0412 e. The predicted octanol–water partition coefficient (Wildman–Crippen LogP) is 4.83. The van der Waals surface area contributed by atoms with E-state index in [2.05, 4.69) is 66.9 Å². The first-order chi connectivity index (χ1) is 5.88. The van der Waals surface area contributed by atoms with Crippen molar-refractivity contribution < 1.29 is 0 Å². The van der Waals surface area contributed by atoms with Gasteiger partial charge in [0.15, 0.2) is 0 Å². The average molecular weight is 277 g/mol. The maximum atomic E-state index is 4.48. The minimum atomic E-state index is 0.188. The van der Waals surface area contributed by atoms with E-state index in [-0.39, 0.29) is 5.41 Å². The van der Waals surface area contributed by atoms with E-state index < -0.39 is 0 Å². The lowest BCUT2D eigenvalue weighted by molar-refractivity contribution is 0.547. The van der Waals surface area contributed by atoms with Gasteiger partial charge >= 0.3 is 0 Å². The second-order valence-corrected chi connectivity index (χ2v) is 6.33. The molecule has 0 aliphatic heterocycles. The highest BCUT2D eigenvalue weighted by Crippen LogP contribution is 2.31. The summed E-state index contributed by atoms with van der Waals surface area (Å²) in [7, 11) is 0. The fourth-order valence-corrected chi connectivity index (χ4v) is 2.88. The summed E-state index contributed by atoms with van der Waals surface area (Å²) in [6.07, 6.45) is 2.17. The van der Waals surface area contributed by atoms with Crippen LogP contribution in [0.3, 0.4) is 0 Å². The minimum Gasteiger partial charge on any atom is -0.142 e. The Morgan fingerprint density at radius 3 is 2.54 bits per heavy atom. The van der Waals surface area contributed by atoms with Crippen molar-refractivity contribution in [3.8, 4) is 0 Å². The minimum absolute atomic E-state index is 0.188. The van der Waals surface area contributed by atoms with Crippen molar-refractivity contribution >= 4 is 44.8 Å². The molecule has 0 atom stereocenters. The molecule has 0 aromatic carbocycles. The van der Waals surface area contributed by atoms with E-state index in [4.69, 9.17) is 0 Å². The molecule has 0 unspecified atom stereocenters. The van der Waals surface area contributed by atoms with Crippen molar-refractivity contribution in [3.63, 3.8) is 0 Å². The van der Waals surface area contributed by atoms with E-state index in [9.17, 15) is 0 Å². The Morgan fingerprint density at radius 2 is 2.15 bits per heavy atom. The van der Waals surface area contributed by atoms with Gasteiger partial charge in [0, 0.05) is 19.6 Å². The molecule has 1 aromatic rings. The first-order valence-corrected chi connectivity index (χ1v) is 6.17. The molecule has 72 valence electrons. The van der Waals surface area contributed by atoms with Gasteiger partial charge in [-0.3, -0.25) is 0 Å². The van der Waals surface area contributed by atoms with Crippen LogP contribution >= 0.6 is 39.9 Å². The Kier molecular flexibility index (Phi) is 3.66. The molecule has 0 bridgehead atoms. The molecule has 0 radical (unpaired) electrons. The van der Waals surface area contributed by atoms with Crippen molar-refractivity contribution in [2.45, 2.75) is 20.8 Å². The topological polar surface area (TPSA) is 0 Å². The summed E-state index contributed by atoms with van der Waals surface area (Å²) in [5.74, 6) is 0. The van der Waals surface area contributed by atoms with Gasteiger partial charge in [-0.15, -0.1) is 24.0 Å². The SMILES string of the molecule is CC(C)(C)/C=C(\S)c1cc(Br)cs1. The molecule has 1 rings (SSSR count). The lowest BCUT2D eigenvalue weighted by Crippen LogP contribution is -1.99. The Morgan fingerprint density at radius 1 is 1.54 bits per heavy atom. The van der Waals surface area contributed by atoms with Gasteiger partial charge in [0.2, 0.25) is 0 Å². The zero-order chi connectivity index (χ0) is 10.1. The van der Waals surface area contributed by atoms with Crippen LogP contribution in [0.15, 0.2) is 22.0 Å². The molecule has 1 aromatic heterocycles. The van der Waals surface area contributed by atoms with E-state index in [1.807, 2.05) is 0 Å². The lowest BCUT2D eigenvalue weighted by Gasteiger charge is -2.12. The van der Waals surface area contributed by atoms with Crippen molar-refractivity contribution in [1.29, 1.82) is 0 Å². The van der Waals surface area contributed by atoms with E-state index in [0.29, 0.717) is 0 Å². The summed E-state index contributed by atoms with van der Waals surface area (Å²) < 4.78 is 1.13. The summed E-state index contributed by atoms with van der Waals surface area (Å²) in [6, 6.07) is 2.09. The maximum absolute atomic E-state index is 4.48. The molecule has 0 fully saturated rings. The largest absolute Gasteiger partial charge is 0.142 e. The third-order valence-corrected chi connectivity index (χ3v) is 3.64. The van der Waals surface area contributed by atoms with Gasteiger partial charge < -0.3 is 0 Å². The number of hydrogen-bond donors (Lipinski definition) is 1. The number of allylic oxidation sites excluding steroid dienone is 1. The Bertz CT molecular complexity index is 318. The second-order valence-electron chi connectivity index (χ2n) is 4.02. The molecule has 0 N–H and O–H groups in total. The molecule has 13 heavy (non-hydrogen) atoms. The smallest absolute Gasteiger partial charge is 0.0412 e. The van der Waals surface area contributed by atoms with Gasteiger partial charge in [-0.2, -0.15) is 0 Å². The van der Waals surface area contributed by atoms with Crippen LogP contribution < -0.4 is 0 Å². The van der Waals surface area contributed by atoms with E-state index in [1.165, 1.54) is 4.88 Å². The number of thiol groups is 1. The van der Waals surface area contributed by atoms with Crippen LogP contribution in [0.5, 0.6) is 0 Å². The van der Waals surface area contributed by atoms with Gasteiger partial charge in [-0.05, 0) is 27.4 Å². The second kappa shape index (κ2) is 4.20. The quantitative estimate of drug-likeness (QED) is 0.698. The fourth-order valence-electron chi connectivity index (χ4n) is 0.929. The Hall–Kier alpha value is 0.270. The predicted molar refractivity (Wildman–Crippen MR) is 68.4 cm³/mol. The van der Waals surface area contributed by atoms with Crippen molar-refractivity contribution in [2.75, 3.05) is 0 Å². The monoisotopic (exact) mass is 276 g/mol. The summed E-state index contributed by atoms with van der Waals surface area (Å²) in [5, 5.41) is 2.07. The molecule has 0 saturated carbocycles. The van der Waals surface area contributed by atoms with E-state index in [1.54, 1.807) is 11.3 Å². The molecular formula is C10H13BrS2. The summed E-state index contributed by atoms with van der Waals surface area (Å²) in [6.45, 7) is 6.52. The van der Waals surface area contributed by atoms with Gasteiger partial charge in [-0.25, -0.2) is 0 Å². The van der Waals surface area contributed by atoms with Crippen LogP contribution in [0.2, 0.25) is 0 Å². The molecule has 0 amide bonds. The Balaban J connectivity index is 2.91. The lowest BCUT2D eigenvalue weighted by atomic mass is 9.96. The third-order valence-electron chi connectivity index (χ3n) is 1.39. The zero-order valence-electron chi connectivity index (χ0n) is 7.97. The summed E-state index contributed by atoms with van der Waals surface area (Å²) in [4.78, 5) is 2.27. The average Bonchev–Trinajstić information content (AvgIpc) is 2.31. The first kappa shape index (κ1) is 11.3. The standard InChI is InChI=1S/C10H13BrS2/c1-10(2,3)5-8(12)9-4-7(11)6-13-9/h4-6,12H,1-3H3/b8-5-. The number of thiophene rings is 1. The summed E-state index contributed by atoms with van der Waals surface area (Å²) in [5.41, 5.74) is 0.188. The molecule has 0 aliphatic carbocycles. The molecule has 0 spiro atoms. The fraction of sp³-hybridized carbons (Fsp3) is 0.400. The van der Waals surface area contributed by atoms with Crippen LogP contribution in [0.1, 0.15) is 25.6 Å². The molecule has 1 heterocycles. The number of hydrogen-bond acceptors (Lipinski definition) is 2. The van der Waals surface area contributed by atoms with Crippen LogP contribution in [-0.2, 0) is 0 Å². The highest BCUT2D eigenvalue weighted by Gasteiger charge is 2.08. The number of halogens is 1. The highest BCUT2D eigenvalue weighted by molar-refractivity contribution is 9.10. The molecule has 0 saturated heterocycles. The first-order valence-electron chi connectivity index (χ1n) is 4.05. The molecular weight excluding hydrogens is 264 g/mol. The van der Waals surface area contributed by atoms with E-state index >= 15 is 0 Å². The third kappa shape index (κ3) is 3.88. The molecule has 0 nitrogen and oxygen atoms in total. The van der Waals surface area contributed by atoms with Gasteiger partial charge in [-0.1, -0.05) is 26.8 Å². The Labute approximate surface area is 97.6 Å². The van der Waals surface area contributed by atoms with Crippen molar-refractivity contribution in [1.82, 2.24) is 0 Å². The number of rotatable bonds is 1. The van der Waals surface area contributed by atoms with Crippen LogP contribution in [0, 0.1) is 5.41 Å². The molecule has 3 heteroatoms. The van der Waals surface area contributed by atoms with Crippen molar-refractivity contribution in [2.24, 2.45) is 5.41 Å².